The van der Waals surface area contributed by atoms with E-state index in [2.05, 4.69) is 25.4 Å². The van der Waals surface area contributed by atoms with Gasteiger partial charge < -0.3 is 26.8 Å². The largest absolute Gasteiger partial charge is 0.390 e. The number of aliphatic hydroxyl groups excluding tert-OH is 1. The molecule has 1 aliphatic rings. The van der Waals surface area contributed by atoms with Crippen LogP contribution in [0.4, 0.5) is 21.7 Å². The topological polar surface area (TPSA) is 144 Å². The Morgan fingerprint density at radius 3 is 2.62 bits per heavy atom. The normalized spacial score (nSPS) is 21.1. The standard InChI is InChI=1S/C21H22FN9O/c22-13-2-1-6-26-19(13)16-4-3-12-8-27-21(31(12)29-16)28-17-9-25-7-5-18(17)30-10-14(23)20(32)15(24)11-30/h1-9,14-15,20,32H,10-11,23-24H2,(H,27,28)/t14-,15+,20?. The zero-order chi connectivity index (χ0) is 22.2. The van der Waals surface area contributed by atoms with Crippen molar-refractivity contribution in [3.05, 3.63) is 60.9 Å². The van der Waals surface area contributed by atoms with Gasteiger partial charge in [0.15, 0.2) is 5.82 Å². The maximum Gasteiger partial charge on any atom is 0.229 e. The predicted octanol–water partition coefficient (Wildman–Crippen LogP) is 0.904. The van der Waals surface area contributed by atoms with E-state index in [1.807, 2.05) is 11.0 Å². The van der Waals surface area contributed by atoms with E-state index in [9.17, 15) is 9.50 Å². The molecule has 0 bridgehead atoms. The third-order valence-electron chi connectivity index (χ3n) is 5.51. The summed E-state index contributed by atoms with van der Waals surface area (Å²) in [6.45, 7) is 0.883. The summed E-state index contributed by atoms with van der Waals surface area (Å²) in [4.78, 5) is 14.7. The molecule has 164 valence electrons. The fourth-order valence-electron chi connectivity index (χ4n) is 3.86. The van der Waals surface area contributed by atoms with E-state index in [1.165, 1.54) is 18.3 Å². The summed E-state index contributed by atoms with van der Waals surface area (Å²) in [5.74, 6) is -0.0263. The lowest BCUT2D eigenvalue weighted by atomic mass is 9.98. The van der Waals surface area contributed by atoms with Crippen LogP contribution in [0.1, 0.15) is 0 Å². The summed E-state index contributed by atoms with van der Waals surface area (Å²) >= 11 is 0. The molecule has 4 aromatic rings. The van der Waals surface area contributed by atoms with E-state index in [0.29, 0.717) is 30.4 Å². The van der Waals surface area contributed by atoms with Gasteiger partial charge in [0, 0.05) is 37.6 Å². The number of piperidine rings is 1. The van der Waals surface area contributed by atoms with Crippen LogP contribution < -0.4 is 21.7 Å². The molecule has 4 aromatic heterocycles. The SMILES string of the molecule is N[C@@H]1CN(c2ccncc2Nc2ncc3ccc(-c4ncccc4F)nn23)C[C@H](N)C1O. The zero-order valence-electron chi connectivity index (χ0n) is 17.0. The summed E-state index contributed by atoms with van der Waals surface area (Å²) in [5.41, 5.74) is 14.9. The lowest BCUT2D eigenvalue weighted by Gasteiger charge is -2.40. The van der Waals surface area contributed by atoms with Crippen LogP contribution in [-0.4, -0.2) is 60.9 Å². The summed E-state index contributed by atoms with van der Waals surface area (Å²) in [6.07, 6.45) is 5.76. The lowest BCUT2D eigenvalue weighted by Crippen LogP contribution is -2.62. The van der Waals surface area contributed by atoms with Crippen molar-refractivity contribution in [1.29, 1.82) is 0 Å². The van der Waals surface area contributed by atoms with Gasteiger partial charge in [0.05, 0.1) is 35.4 Å². The second-order valence-electron chi connectivity index (χ2n) is 7.71. The molecule has 0 spiro atoms. The molecule has 5 heterocycles. The average molecular weight is 435 g/mol. The first kappa shape index (κ1) is 20.2. The molecule has 0 amide bonds. The van der Waals surface area contributed by atoms with E-state index in [-0.39, 0.29) is 5.69 Å². The van der Waals surface area contributed by atoms with Crippen LogP contribution in [0, 0.1) is 5.82 Å². The number of halogens is 1. The Balaban J connectivity index is 1.49. The second-order valence-corrected chi connectivity index (χ2v) is 7.71. The number of nitrogens with two attached hydrogens (primary N) is 2. The molecule has 32 heavy (non-hydrogen) atoms. The Morgan fingerprint density at radius 1 is 1.03 bits per heavy atom. The Hall–Kier alpha value is -3.67. The van der Waals surface area contributed by atoms with Gasteiger partial charge in [0.1, 0.15) is 11.4 Å². The number of rotatable bonds is 4. The summed E-state index contributed by atoms with van der Waals surface area (Å²) in [7, 11) is 0. The fourth-order valence-corrected chi connectivity index (χ4v) is 3.86. The average Bonchev–Trinajstić information content (AvgIpc) is 3.20. The van der Waals surface area contributed by atoms with Crippen molar-refractivity contribution in [3.8, 4) is 11.4 Å². The Labute approximate surface area is 182 Å². The molecule has 6 N–H and O–H groups in total. The van der Waals surface area contributed by atoms with Crippen LogP contribution in [0.15, 0.2) is 55.1 Å². The molecule has 0 saturated carbocycles. The smallest absolute Gasteiger partial charge is 0.229 e. The molecule has 11 heteroatoms. The molecule has 1 unspecified atom stereocenters. The number of fused-ring (bicyclic) bond motifs is 1. The first-order valence-electron chi connectivity index (χ1n) is 10.1. The van der Waals surface area contributed by atoms with Gasteiger partial charge in [-0.1, -0.05) is 0 Å². The Kier molecular flexibility index (Phi) is 5.13. The van der Waals surface area contributed by atoms with Crippen molar-refractivity contribution in [2.75, 3.05) is 23.3 Å². The van der Waals surface area contributed by atoms with Gasteiger partial charge >= 0.3 is 0 Å². The first-order chi connectivity index (χ1) is 15.5. The van der Waals surface area contributed by atoms with E-state index in [4.69, 9.17) is 11.5 Å². The molecular weight excluding hydrogens is 413 g/mol. The molecule has 0 radical (unpaired) electrons. The van der Waals surface area contributed by atoms with Gasteiger partial charge in [-0.25, -0.2) is 9.37 Å². The van der Waals surface area contributed by atoms with Gasteiger partial charge in [-0.2, -0.15) is 9.61 Å². The van der Waals surface area contributed by atoms with Crippen LogP contribution in [0.3, 0.4) is 0 Å². The third kappa shape index (κ3) is 3.62. The molecule has 0 aliphatic carbocycles. The third-order valence-corrected chi connectivity index (χ3v) is 5.51. The van der Waals surface area contributed by atoms with Crippen molar-refractivity contribution < 1.29 is 9.50 Å². The number of hydrogen-bond donors (Lipinski definition) is 4. The van der Waals surface area contributed by atoms with E-state index >= 15 is 0 Å². The number of aromatic nitrogens is 5. The number of pyridine rings is 2. The number of aliphatic hydroxyl groups is 1. The van der Waals surface area contributed by atoms with E-state index < -0.39 is 24.0 Å². The second kappa shape index (κ2) is 8.11. The van der Waals surface area contributed by atoms with Crippen molar-refractivity contribution in [1.82, 2.24) is 24.6 Å². The molecule has 10 nitrogen and oxygen atoms in total. The lowest BCUT2D eigenvalue weighted by molar-refractivity contribution is 0.105. The monoisotopic (exact) mass is 435 g/mol. The molecule has 5 rings (SSSR count). The van der Waals surface area contributed by atoms with Crippen molar-refractivity contribution in [3.63, 3.8) is 0 Å². The molecular formula is C21H22FN9O. The Bertz CT molecular complexity index is 1250. The maximum absolute atomic E-state index is 14.2. The number of imidazole rings is 1. The Morgan fingerprint density at radius 2 is 1.84 bits per heavy atom. The van der Waals surface area contributed by atoms with Crippen LogP contribution in [-0.2, 0) is 0 Å². The number of nitrogens with one attached hydrogen (secondary N) is 1. The van der Waals surface area contributed by atoms with Gasteiger partial charge in [-0.05, 0) is 30.3 Å². The van der Waals surface area contributed by atoms with E-state index in [0.717, 1.165) is 11.2 Å². The molecule has 1 fully saturated rings. The summed E-state index contributed by atoms with van der Waals surface area (Å²) in [6, 6.07) is 7.27. The van der Waals surface area contributed by atoms with Crippen molar-refractivity contribution >= 4 is 22.8 Å². The zero-order valence-corrected chi connectivity index (χ0v) is 17.0. The minimum atomic E-state index is -0.754. The minimum absolute atomic E-state index is 0.158. The highest BCUT2D eigenvalue weighted by Gasteiger charge is 2.32. The van der Waals surface area contributed by atoms with E-state index in [1.54, 1.807) is 35.2 Å². The van der Waals surface area contributed by atoms with Crippen LogP contribution >= 0.6 is 0 Å². The molecule has 3 atom stereocenters. The highest BCUT2D eigenvalue weighted by atomic mass is 19.1. The van der Waals surface area contributed by atoms with Gasteiger partial charge in [0.2, 0.25) is 5.95 Å². The highest BCUT2D eigenvalue weighted by molar-refractivity contribution is 5.74. The number of nitrogens with zero attached hydrogens (tertiary/aromatic N) is 6. The minimum Gasteiger partial charge on any atom is -0.390 e. The van der Waals surface area contributed by atoms with Crippen LogP contribution in [0.5, 0.6) is 0 Å². The first-order valence-corrected chi connectivity index (χ1v) is 10.1. The highest BCUT2D eigenvalue weighted by Crippen LogP contribution is 2.30. The van der Waals surface area contributed by atoms with Crippen molar-refractivity contribution in [2.24, 2.45) is 11.5 Å². The fraction of sp³-hybridized carbons (Fsp3) is 0.238. The summed E-state index contributed by atoms with van der Waals surface area (Å²) in [5, 5.41) is 17.9. The van der Waals surface area contributed by atoms with Gasteiger partial charge in [0.25, 0.3) is 0 Å². The van der Waals surface area contributed by atoms with Gasteiger partial charge in [-0.15, -0.1) is 0 Å². The number of hydrogen-bond acceptors (Lipinski definition) is 9. The summed E-state index contributed by atoms with van der Waals surface area (Å²) < 4.78 is 15.8. The van der Waals surface area contributed by atoms with Crippen molar-refractivity contribution in [2.45, 2.75) is 18.2 Å². The predicted molar refractivity (Wildman–Crippen MR) is 118 cm³/mol. The van der Waals surface area contributed by atoms with Crippen LogP contribution in [0.25, 0.3) is 16.9 Å². The quantitative estimate of drug-likeness (QED) is 0.368. The molecule has 1 saturated heterocycles. The maximum atomic E-state index is 14.2. The van der Waals surface area contributed by atoms with Crippen LogP contribution in [0.2, 0.25) is 0 Å². The molecule has 0 aromatic carbocycles. The van der Waals surface area contributed by atoms with Gasteiger partial charge in [-0.3, -0.25) is 9.97 Å². The number of anilines is 3. The molecule has 1 aliphatic heterocycles.